The lowest BCUT2D eigenvalue weighted by atomic mass is 9.88. The van der Waals surface area contributed by atoms with Crippen LogP contribution in [-0.4, -0.2) is 71.6 Å². The number of urea groups is 1. The summed E-state index contributed by atoms with van der Waals surface area (Å²) >= 11 is 0. The number of fused-ring (bicyclic) bond motifs is 1. The summed E-state index contributed by atoms with van der Waals surface area (Å²) in [5, 5.41) is 15.6. The maximum Gasteiger partial charge on any atom is 0.321 e. The molecule has 0 saturated heterocycles. The second-order valence-electron chi connectivity index (χ2n) is 10.9. The topological polar surface area (TPSA) is 111 Å². The molecule has 0 unspecified atom stereocenters. The molecule has 2 aromatic rings. The minimum absolute atomic E-state index is 0.0872. The Morgan fingerprint density at radius 3 is 2.50 bits per heavy atom. The molecule has 1 heterocycles. The van der Waals surface area contributed by atoms with Gasteiger partial charge in [-0.15, -0.1) is 0 Å². The molecular weight excluding hydrogens is 515 g/mol. The molecule has 0 spiro atoms. The Labute approximate surface area is 234 Å². The summed E-state index contributed by atoms with van der Waals surface area (Å²) in [5.41, 5.74) is 1.16. The van der Waals surface area contributed by atoms with Crippen molar-refractivity contribution in [3.8, 4) is 5.75 Å². The Hall–Kier alpha value is -3.66. The molecule has 1 aliphatic carbocycles. The first-order valence-corrected chi connectivity index (χ1v) is 14.0. The zero-order chi connectivity index (χ0) is 28.8. The monoisotopic (exact) mass is 554 g/mol. The minimum Gasteiger partial charge on any atom is -0.485 e. The fourth-order valence-corrected chi connectivity index (χ4v) is 5.26. The number of halogens is 1. The van der Waals surface area contributed by atoms with E-state index in [0.717, 1.165) is 32.1 Å². The second kappa shape index (κ2) is 13.1. The number of rotatable bonds is 7. The third-order valence-corrected chi connectivity index (χ3v) is 7.82. The van der Waals surface area contributed by atoms with Crippen molar-refractivity contribution in [2.24, 2.45) is 11.8 Å². The summed E-state index contributed by atoms with van der Waals surface area (Å²) in [5.74, 6) is -0.838. The highest BCUT2D eigenvalue weighted by molar-refractivity contribution is 6.02. The third-order valence-electron chi connectivity index (χ3n) is 7.82. The van der Waals surface area contributed by atoms with E-state index in [9.17, 15) is 23.9 Å². The van der Waals surface area contributed by atoms with Gasteiger partial charge in [-0.25, -0.2) is 9.18 Å². The zero-order valence-corrected chi connectivity index (χ0v) is 23.4. The molecule has 1 fully saturated rings. The van der Waals surface area contributed by atoms with Crippen molar-refractivity contribution in [1.29, 1.82) is 0 Å². The quantitative estimate of drug-likeness (QED) is 0.458. The number of hydrogen-bond acceptors (Lipinski definition) is 5. The molecule has 10 heteroatoms. The van der Waals surface area contributed by atoms with Crippen LogP contribution in [0.25, 0.3) is 0 Å². The van der Waals surface area contributed by atoms with Crippen LogP contribution in [0.1, 0.15) is 56.3 Å². The summed E-state index contributed by atoms with van der Waals surface area (Å²) < 4.78 is 19.8. The number of ether oxygens (including phenoxy) is 1. The van der Waals surface area contributed by atoms with E-state index < -0.39 is 24.0 Å². The Kier molecular flexibility index (Phi) is 9.63. The highest BCUT2D eigenvalue weighted by Gasteiger charge is 2.35. The fourth-order valence-electron chi connectivity index (χ4n) is 5.26. The highest BCUT2D eigenvalue weighted by Crippen LogP contribution is 2.36. The summed E-state index contributed by atoms with van der Waals surface area (Å²) in [6.07, 6.45) is 4.27. The molecule has 4 amide bonds. The van der Waals surface area contributed by atoms with E-state index in [0.29, 0.717) is 17.9 Å². The summed E-state index contributed by atoms with van der Waals surface area (Å²) in [6, 6.07) is 9.74. The van der Waals surface area contributed by atoms with E-state index in [1.807, 2.05) is 6.92 Å². The van der Waals surface area contributed by atoms with Gasteiger partial charge in [0.05, 0.1) is 30.4 Å². The predicted octanol–water partition coefficient (Wildman–Crippen LogP) is 4.73. The number of benzene rings is 2. The van der Waals surface area contributed by atoms with Crippen molar-refractivity contribution in [2.75, 3.05) is 37.4 Å². The van der Waals surface area contributed by atoms with Gasteiger partial charge in [0.2, 0.25) is 5.91 Å². The number of carbonyl (C=O) groups excluding carboxylic acids is 3. The number of aliphatic hydroxyl groups excluding tert-OH is 1. The molecule has 0 aromatic heterocycles. The van der Waals surface area contributed by atoms with Crippen LogP contribution >= 0.6 is 0 Å². The van der Waals surface area contributed by atoms with Crippen LogP contribution < -0.4 is 15.4 Å². The van der Waals surface area contributed by atoms with Crippen molar-refractivity contribution in [1.82, 2.24) is 9.80 Å². The molecule has 2 aromatic carbocycles. The van der Waals surface area contributed by atoms with E-state index in [1.165, 1.54) is 29.2 Å². The van der Waals surface area contributed by atoms with E-state index in [4.69, 9.17) is 4.74 Å². The SMILES string of the molecule is C[C@H](CO)N1C[C@H](C)[C@H](CN(C)C(=O)Nc2ccc(F)cc2)Oc2c(NC(=O)C3CCCCC3)cccc2C1=O. The van der Waals surface area contributed by atoms with Gasteiger partial charge >= 0.3 is 6.03 Å². The lowest BCUT2D eigenvalue weighted by Gasteiger charge is -2.38. The molecule has 0 radical (unpaired) electrons. The smallest absolute Gasteiger partial charge is 0.321 e. The minimum atomic E-state index is -0.544. The van der Waals surface area contributed by atoms with Gasteiger partial charge in [-0.2, -0.15) is 0 Å². The molecule has 1 aliphatic heterocycles. The van der Waals surface area contributed by atoms with Gasteiger partial charge in [0.1, 0.15) is 11.9 Å². The molecule has 9 nitrogen and oxygen atoms in total. The molecular formula is C30H39FN4O5. The zero-order valence-electron chi connectivity index (χ0n) is 23.4. The van der Waals surface area contributed by atoms with Crippen LogP contribution in [0.3, 0.4) is 0 Å². The molecule has 4 rings (SSSR count). The number of carbonyl (C=O) groups is 3. The van der Waals surface area contributed by atoms with Crippen LogP contribution in [0.5, 0.6) is 5.75 Å². The van der Waals surface area contributed by atoms with Gasteiger partial charge in [0, 0.05) is 31.1 Å². The summed E-state index contributed by atoms with van der Waals surface area (Å²) in [4.78, 5) is 42.8. The second-order valence-corrected chi connectivity index (χ2v) is 10.9. The van der Waals surface area contributed by atoms with Gasteiger partial charge in [-0.05, 0) is 56.2 Å². The lowest BCUT2D eigenvalue weighted by Crippen LogP contribution is -2.50. The van der Waals surface area contributed by atoms with E-state index in [2.05, 4.69) is 10.6 Å². The van der Waals surface area contributed by atoms with E-state index in [-0.39, 0.29) is 48.1 Å². The summed E-state index contributed by atoms with van der Waals surface area (Å²) in [7, 11) is 1.63. The molecule has 40 heavy (non-hydrogen) atoms. The van der Waals surface area contributed by atoms with Gasteiger partial charge < -0.3 is 30.3 Å². The van der Waals surface area contributed by atoms with Crippen molar-refractivity contribution in [3.05, 3.63) is 53.8 Å². The van der Waals surface area contributed by atoms with Crippen LogP contribution in [0.2, 0.25) is 0 Å². The average Bonchev–Trinajstić information content (AvgIpc) is 2.96. The van der Waals surface area contributed by atoms with Gasteiger partial charge in [0.25, 0.3) is 5.91 Å². The first kappa shape index (κ1) is 29.3. The molecule has 1 saturated carbocycles. The van der Waals surface area contributed by atoms with E-state index in [1.54, 1.807) is 37.1 Å². The Bertz CT molecular complexity index is 1200. The third kappa shape index (κ3) is 6.91. The Morgan fingerprint density at radius 2 is 1.82 bits per heavy atom. The Balaban J connectivity index is 1.61. The van der Waals surface area contributed by atoms with Crippen LogP contribution in [0.15, 0.2) is 42.5 Å². The van der Waals surface area contributed by atoms with E-state index >= 15 is 0 Å². The summed E-state index contributed by atoms with van der Waals surface area (Å²) in [6.45, 7) is 3.97. The molecule has 216 valence electrons. The number of anilines is 2. The molecule has 0 bridgehead atoms. The number of amides is 4. The first-order valence-electron chi connectivity index (χ1n) is 14.0. The van der Waals surface area contributed by atoms with Crippen molar-refractivity contribution >= 4 is 29.2 Å². The van der Waals surface area contributed by atoms with Crippen molar-refractivity contribution < 1.29 is 28.6 Å². The fraction of sp³-hybridized carbons (Fsp3) is 0.500. The maximum absolute atomic E-state index is 13.7. The highest BCUT2D eigenvalue weighted by atomic mass is 19.1. The Morgan fingerprint density at radius 1 is 1.12 bits per heavy atom. The van der Waals surface area contributed by atoms with Gasteiger partial charge in [-0.1, -0.05) is 32.3 Å². The van der Waals surface area contributed by atoms with Gasteiger partial charge in [-0.3, -0.25) is 9.59 Å². The van der Waals surface area contributed by atoms with Crippen LogP contribution in [-0.2, 0) is 4.79 Å². The number of hydrogen-bond donors (Lipinski definition) is 3. The normalized spacial score (nSPS) is 20.4. The lowest BCUT2D eigenvalue weighted by molar-refractivity contribution is -0.120. The molecule has 2 aliphatic rings. The average molecular weight is 555 g/mol. The van der Waals surface area contributed by atoms with Gasteiger partial charge in [0.15, 0.2) is 5.75 Å². The van der Waals surface area contributed by atoms with Crippen LogP contribution in [0, 0.1) is 17.7 Å². The largest absolute Gasteiger partial charge is 0.485 e. The standard InChI is InChI=1S/C30H39FN4O5/c1-19-16-35(20(2)18-36)29(38)24-10-7-11-25(33-28(37)21-8-5-4-6-9-21)27(24)40-26(19)17-34(3)30(39)32-23-14-12-22(31)13-15-23/h7,10-15,19-21,26,36H,4-6,8-9,16-18H2,1-3H3,(H,32,39)(H,33,37)/t19-,20+,26-/m0/s1. The molecule has 3 N–H and O–H groups in total. The number of nitrogens with one attached hydrogen (secondary N) is 2. The number of likely N-dealkylation sites (N-methyl/N-ethyl adjacent to an activating group) is 1. The van der Waals surface area contributed by atoms with Crippen LogP contribution in [0.4, 0.5) is 20.6 Å². The first-order chi connectivity index (χ1) is 19.2. The number of para-hydroxylation sites is 1. The number of nitrogens with zero attached hydrogens (tertiary/aromatic N) is 2. The van der Waals surface area contributed by atoms with Crippen molar-refractivity contribution in [2.45, 2.75) is 58.1 Å². The number of aliphatic hydroxyl groups is 1. The maximum atomic E-state index is 13.7. The van der Waals surface area contributed by atoms with Crippen molar-refractivity contribution in [3.63, 3.8) is 0 Å². The molecule has 3 atom stereocenters. The predicted molar refractivity (Wildman–Crippen MR) is 151 cm³/mol.